The Morgan fingerprint density at radius 2 is 2.14 bits per heavy atom. The van der Waals surface area contributed by atoms with Gasteiger partial charge in [-0.25, -0.2) is 0 Å². The molecule has 1 saturated carbocycles. The van der Waals surface area contributed by atoms with Gasteiger partial charge in [-0.2, -0.15) is 0 Å². The van der Waals surface area contributed by atoms with Gasteiger partial charge in [0.05, 0.1) is 5.52 Å². The van der Waals surface area contributed by atoms with Crippen molar-refractivity contribution in [3.05, 3.63) is 36.3 Å². The number of pyridine rings is 2. The van der Waals surface area contributed by atoms with E-state index < -0.39 is 0 Å². The fraction of sp³-hybridized carbons (Fsp3) is 0.471. The predicted molar refractivity (Wildman–Crippen MR) is 80.8 cm³/mol. The van der Waals surface area contributed by atoms with Crippen molar-refractivity contribution in [3.8, 4) is 0 Å². The third-order valence-electron chi connectivity index (χ3n) is 4.59. The first-order valence-electron chi connectivity index (χ1n) is 7.81. The van der Waals surface area contributed by atoms with Crippen LogP contribution in [-0.4, -0.2) is 33.9 Å². The molecular formula is C17H19N3O. The molecule has 2 aliphatic rings. The highest BCUT2D eigenvalue weighted by atomic mass is 16.2. The van der Waals surface area contributed by atoms with Crippen LogP contribution in [0.1, 0.15) is 37.3 Å². The zero-order valence-electron chi connectivity index (χ0n) is 12.0. The Balaban J connectivity index is 1.57. The van der Waals surface area contributed by atoms with Gasteiger partial charge >= 0.3 is 0 Å². The highest BCUT2D eigenvalue weighted by molar-refractivity contribution is 5.81. The minimum absolute atomic E-state index is 0.315. The van der Waals surface area contributed by atoms with E-state index in [1.165, 1.54) is 0 Å². The fourth-order valence-corrected chi connectivity index (χ4v) is 3.21. The summed E-state index contributed by atoms with van der Waals surface area (Å²) in [6.45, 7) is 1.73. The average molecular weight is 281 g/mol. The lowest BCUT2D eigenvalue weighted by atomic mass is 9.93. The number of hydrogen-bond acceptors (Lipinski definition) is 3. The summed E-state index contributed by atoms with van der Waals surface area (Å²) in [5.41, 5.74) is 2.07. The highest BCUT2D eigenvalue weighted by Crippen LogP contribution is 2.34. The van der Waals surface area contributed by atoms with E-state index in [0.29, 0.717) is 17.7 Å². The molecular weight excluding hydrogens is 262 g/mol. The number of carbonyl (C=O) groups excluding carboxylic acids is 1. The third-order valence-corrected chi connectivity index (χ3v) is 4.59. The molecule has 0 bridgehead atoms. The van der Waals surface area contributed by atoms with E-state index in [-0.39, 0.29) is 0 Å². The molecule has 0 aromatic carbocycles. The SMILES string of the molecule is O=C(C1CC1)N1CCC[C@H](c2cc3ncccc3cn2)C1. The van der Waals surface area contributed by atoms with Crippen LogP contribution in [0.5, 0.6) is 0 Å². The molecule has 4 nitrogen and oxygen atoms in total. The molecule has 1 amide bonds. The largest absolute Gasteiger partial charge is 0.342 e. The number of carbonyl (C=O) groups is 1. The Hall–Kier alpha value is -1.97. The number of fused-ring (bicyclic) bond motifs is 1. The minimum Gasteiger partial charge on any atom is -0.342 e. The lowest BCUT2D eigenvalue weighted by Crippen LogP contribution is -2.40. The maximum atomic E-state index is 12.2. The van der Waals surface area contributed by atoms with Gasteiger partial charge in [0.1, 0.15) is 0 Å². The van der Waals surface area contributed by atoms with Gasteiger partial charge in [-0.15, -0.1) is 0 Å². The van der Waals surface area contributed by atoms with Crippen molar-refractivity contribution in [2.24, 2.45) is 5.92 Å². The molecule has 1 saturated heterocycles. The summed E-state index contributed by atoms with van der Waals surface area (Å²) in [4.78, 5) is 23.3. The van der Waals surface area contributed by atoms with Gasteiger partial charge in [0.2, 0.25) is 5.91 Å². The number of rotatable bonds is 2. The Bertz CT molecular complexity index is 681. The van der Waals surface area contributed by atoms with Crippen LogP contribution in [0.2, 0.25) is 0 Å². The third kappa shape index (κ3) is 2.50. The lowest BCUT2D eigenvalue weighted by molar-refractivity contribution is -0.133. The summed E-state index contributed by atoms with van der Waals surface area (Å²) in [5.74, 6) is 1.03. The van der Waals surface area contributed by atoms with Gasteiger partial charge in [-0.3, -0.25) is 14.8 Å². The molecule has 0 unspecified atom stereocenters. The van der Waals surface area contributed by atoms with Crippen molar-refractivity contribution >= 4 is 16.8 Å². The normalized spacial score (nSPS) is 22.5. The predicted octanol–water partition coefficient (Wildman–Crippen LogP) is 2.75. The van der Waals surface area contributed by atoms with E-state index in [1.54, 1.807) is 0 Å². The topological polar surface area (TPSA) is 46.1 Å². The molecule has 1 aliphatic carbocycles. The molecule has 0 radical (unpaired) electrons. The van der Waals surface area contributed by atoms with Crippen LogP contribution in [0.4, 0.5) is 0 Å². The van der Waals surface area contributed by atoms with Crippen LogP contribution >= 0.6 is 0 Å². The van der Waals surface area contributed by atoms with Crippen molar-refractivity contribution in [2.45, 2.75) is 31.6 Å². The number of hydrogen-bond donors (Lipinski definition) is 0. The standard InChI is InChI=1S/C17H19N3O/c21-17(12-5-6-12)20-8-2-4-14(11-20)16-9-15-13(10-19-16)3-1-7-18-15/h1,3,7,9-10,12,14H,2,4-6,8,11H2/t14-/m0/s1. The first kappa shape index (κ1) is 12.7. The molecule has 4 heteroatoms. The summed E-state index contributed by atoms with van der Waals surface area (Å²) < 4.78 is 0. The van der Waals surface area contributed by atoms with E-state index in [2.05, 4.69) is 20.9 Å². The molecule has 2 fully saturated rings. The molecule has 3 heterocycles. The average Bonchev–Trinajstić information content (AvgIpc) is 3.39. The Kier molecular flexibility index (Phi) is 3.09. The number of aromatic nitrogens is 2. The Labute approximate surface area is 124 Å². The number of amides is 1. The van der Waals surface area contributed by atoms with Crippen LogP contribution < -0.4 is 0 Å². The van der Waals surface area contributed by atoms with Gasteiger partial charge in [0.15, 0.2) is 0 Å². The smallest absolute Gasteiger partial charge is 0.225 e. The summed E-state index contributed by atoms with van der Waals surface area (Å²) in [6.07, 6.45) is 8.07. The van der Waals surface area contributed by atoms with Crippen molar-refractivity contribution in [1.82, 2.24) is 14.9 Å². The maximum Gasteiger partial charge on any atom is 0.225 e. The maximum absolute atomic E-state index is 12.2. The molecule has 0 N–H and O–H groups in total. The van der Waals surface area contributed by atoms with Gasteiger partial charge in [-0.1, -0.05) is 0 Å². The van der Waals surface area contributed by atoms with E-state index in [0.717, 1.165) is 55.4 Å². The van der Waals surface area contributed by atoms with Gasteiger partial charge in [0, 0.05) is 48.4 Å². The number of nitrogens with zero attached hydrogens (tertiary/aromatic N) is 3. The summed E-state index contributed by atoms with van der Waals surface area (Å²) in [5, 5.41) is 1.07. The van der Waals surface area contributed by atoms with Crippen LogP contribution in [0.25, 0.3) is 10.9 Å². The second-order valence-electron chi connectivity index (χ2n) is 6.20. The van der Waals surface area contributed by atoms with Gasteiger partial charge < -0.3 is 4.90 Å². The molecule has 4 rings (SSSR count). The molecule has 1 aliphatic heterocycles. The summed E-state index contributed by atoms with van der Waals surface area (Å²) in [6, 6.07) is 6.05. The molecule has 2 aromatic rings. The summed E-state index contributed by atoms with van der Waals surface area (Å²) >= 11 is 0. The van der Waals surface area contributed by atoms with Crippen LogP contribution in [-0.2, 0) is 4.79 Å². The Morgan fingerprint density at radius 1 is 1.24 bits per heavy atom. The zero-order valence-corrected chi connectivity index (χ0v) is 12.0. The summed E-state index contributed by atoms with van der Waals surface area (Å²) in [7, 11) is 0. The van der Waals surface area contributed by atoms with Crippen molar-refractivity contribution in [2.75, 3.05) is 13.1 Å². The Morgan fingerprint density at radius 3 is 3.00 bits per heavy atom. The number of piperidine rings is 1. The zero-order chi connectivity index (χ0) is 14.2. The van der Waals surface area contributed by atoms with E-state index >= 15 is 0 Å². The van der Waals surface area contributed by atoms with E-state index in [1.807, 2.05) is 24.5 Å². The van der Waals surface area contributed by atoms with Crippen molar-refractivity contribution in [3.63, 3.8) is 0 Å². The van der Waals surface area contributed by atoms with Crippen LogP contribution in [0, 0.1) is 5.92 Å². The van der Waals surface area contributed by atoms with Gasteiger partial charge in [0.25, 0.3) is 0 Å². The van der Waals surface area contributed by atoms with Crippen LogP contribution in [0.3, 0.4) is 0 Å². The van der Waals surface area contributed by atoms with E-state index in [4.69, 9.17) is 0 Å². The second-order valence-corrected chi connectivity index (χ2v) is 6.20. The minimum atomic E-state index is 0.315. The first-order chi connectivity index (χ1) is 10.3. The molecule has 21 heavy (non-hydrogen) atoms. The molecule has 1 atom stereocenters. The molecule has 0 spiro atoms. The fourth-order valence-electron chi connectivity index (χ4n) is 3.21. The first-order valence-corrected chi connectivity index (χ1v) is 7.81. The monoisotopic (exact) mass is 281 g/mol. The van der Waals surface area contributed by atoms with Gasteiger partial charge in [-0.05, 0) is 43.9 Å². The number of likely N-dealkylation sites (tertiary alicyclic amines) is 1. The molecule has 2 aromatic heterocycles. The lowest BCUT2D eigenvalue weighted by Gasteiger charge is -2.32. The second kappa shape index (κ2) is 5.10. The molecule has 108 valence electrons. The van der Waals surface area contributed by atoms with Crippen molar-refractivity contribution in [1.29, 1.82) is 0 Å². The van der Waals surface area contributed by atoms with Crippen molar-refractivity contribution < 1.29 is 4.79 Å². The van der Waals surface area contributed by atoms with E-state index in [9.17, 15) is 4.79 Å². The quantitative estimate of drug-likeness (QED) is 0.850. The highest BCUT2D eigenvalue weighted by Gasteiger charge is 2.35. The van der Waals surface area contributed by atoms with Crippen LogP contribution in [0.15, 0.2) is 30.6 Å².